The molecular formula is C48H56FN9O8. The molecule has 1 fully saturated rings. The number of alkyl carbamates (subject to hydrolysis) is 1. The molecule has 1 aromatic heterocycles. The summed E-state index contributed by atoms with van der Waals surface area (Å²) in [6.45, 7) is 3.70. The second-order valence-corrected chi connectivity index (χ2v) is 15.8. The lowest BCUT2D eigenvalue weighted by atomic mass is 10.0. The highest BCUT2D eigenvalue weighted by atomic mass is 19.1. The molecule has 4 aromatic carbocycles. The first-order chi connectivity index (χ1) is 31.8. The molecule has 6 rings (SSSR count). The number of unbranched alkanes of at least 4 members (excludes halogenated alkanes) is 1. The average molecular weight is 906 g/mol. The Morgan fingerprint density at radius 3 is 2.15 bits per heavy atom. The summed E-state index contributed by atoms with van der Waals surface area (Å²) >= 11 is 0. The lowest BCUT2D eigenvalue weighted by Crippen LogP contribution is -2.49. The molecule has 9 N–H and O–H groups in total. The summed E-state index contributed by atoms with van der Waals surface area (Å²) in [6, 6.07) is 26.6. The number of fused-ring (bicyclic) bond motifs is 1. The van der Waals surface area contributed by atoms with Gasteiger partial charge in [-0.1, -0.05) is 72.8 Å². The number of pyridine rings is 1. The zero-order valence-electron chi connectivity index (χ0n) is 36.7. The van der Waals surface area contributed by atoms with Crippen LogP contribution in [-0.4, -0.2) is 88.5 Å². The summed E-state index contributed by atoms with van der Waals surface area (Å²) in [5, 5.41) is 16.4. The molecular weight excluding hydrogens is 850 g/mol. The predicted octanol–water partition coefficient (Wildman–Crippen LogP) is 5.27. The molecule has 2 unspecified atom stereocenters. The molecule has 17 nitrogen and oxygen atoms in total. The van der Waals surface area contributed by atoms with Crippen molar-refractivity contribution in [2.45, 2.75) is 64.4 Å². The average Bonchev–Trinajstić information content (AvgIpc) is 3.32. The molecule has 1 aliphatic rings. The molecule has 66 heavy (non-hydrogen) atoms. The Kier molecular flexibility index (Phi) is 16.7. The van der Waals surface area contributed by atoms with Crippen molar-refractivity contribution in [2.24, 2.45) is 17.3 Å². The van der Waals surface area contributed by atoms with E-state index in [0.717, 1.165) is 17.2 Å². The largest absolute Gasteiger partial charge is 0.477 e. The zero-order chi connectivity index (χ0) is 47.2. The summed E-state index contributed by atoms with van der Waals surface area (Å²) in [5.74, 6) is 4.09. The molecule has 0 bridgehead atoms. The van der Waals surface area contributed by atoms with Crippen LogP contribution in [0.15, 0.2) is 120 Å². The van der Waals surface area contributed by atoms with Gasteiger partial charge in [-0.3, -0.25) is 9.59 Å². The van der Waals surface area contributed by atoms with Gasteiger partial charge in [0, 0.05) is 61.9 Å². The molecule has 5 aromatic rings. The van der Waals surface area contributed by atoms with Crippen LogP contribution in [0.2, 0.25) is 0 Å². The number of hydrazine groups is 1. The van der Waals surface area contributed by atoms with E-state index in [4.69, 9.17) is 26.8 Å². The second-order valence-electron chi connectivity index (χ2n) is 15.8. The zero-order valence-corrected chi connectivity index (χ0v) is 36.7. The molecule has 2 atom stereocenters. The summed E-state index contributed by atoms with van der Waals surface area (Å²) in [7, 11) is 0. The summed E-state index contributed by atoms with van der Waals surface area (Å²) in [6.07, 6.45) is 3.45. The van der Waals surface area contributed by atoms with E-state index < -0.39 is 53.0 Å². The number of rotatable bonds is 19. The van der Waals surface area contributed by atoms with Gasteiger partial charge in [0.2, 0.25) is 11.3 Å². The number of hydrogen-bond donors (Lipinski definition) is 6. The third-order valence-corrected chi connectivity index (χ3v) is 11.3. The van der Waals surface area contributed by atoms with Gasteiger partial charge in [-0.15, -0.1) is 0 Å². The van der Waals surface area contributed by atoms with Gasteiger partial charge in [-0.25, -0.2) is 24.6 Å². The number of carbonyl (C=O) groups excluding carboxylic acids is 3. The fourth-order valence-electron chi connectivity index (χ4n) is 7.59. The van der Waals surface area contributed by atoms with Crippen molar-refractivity contribution in [3.63, 3.8) is 0 Å². The molecule has 0 radical (unpaired) electrons. The van der Waals surface area contributed by atoms with Gasteiger partial charge in [0.1, 0.15) is 30.6 Å². The topological polar surface area (TPSA) is 241 Å². The number of nitrogens with two attached hydrogens (primary N) is 3. The van der Waals surface area contributed by atoms with E-state index >= 15 is 4.39 Å². The van der Waals surface area contributed by atoms with Crippen molar-refractivity contribution in [3.05, 3.63) is 153 Å². The monoisotopic (exact) mass is 905 g/mol. The van der Waals surface area contributed by atoms with Crippen LogP contribution in [0.1, 0.15) is 53.2 Å². The minimum absolute atomic E-state index is 0.0199. The first kappa shape index (κ1) is 48.0. The molecule has 0 saturated carbocycles. The van der Waals surface area contributed by atoms with Crippen LogP contribution >= 0.6 is 0 Å². The lowest BCUT2D eigenvalue weighted by molar-refractivity contribution is -0.120. The summed E-state index contributed by atoms with van der Waals surface area (Å²) < 4.78 is 28.0. The first-order valence-electron chi connectivity index (χ1n) is 21.7. The van der Waals surface area contributed by atoms with E-state index in [1.807, 2.05) is 60.7 Å². The van der Waals surface area contributed by atoms with Gasteiger partial charge in [0.05, 0.1) is 17.2 Å². The van der Waals surface area contributed by atoms with E-state index in [-0.39, 0.29) is 43.1 Å². The van der Waals surface area contributed by atoms with Crippen molar-refractivity contribution in [1.82, 2.24) is 19.8 Å². The van der Waals surface area contributed by atoms with Crippen LogP contribution in [0.25, 0.3) is 10.9 Å². The molecule has 1 saturated heterocycles. The number of anilines is 2. The Hall–Kier alpha value is -7.44. The normalized spacial score (nSPS) is 13.7. The van der Waals surface area contributed by atoms with Gasteiger partial charge >= 0.3 is 18.2 Å². The third kappa shape index (κ3) is 12.6. The maximum absolute atomic E-state index is 15.4. The molecule has 348 valence electrons. The molecule has 2 heterocycles. The molecule has 3 amide bonds. The van der Waals surface area contributed by atoms with Crippen LogP contribution in [0.3, 0.4) is 0 Å². The number of nitrogens with one attached hydrogen (secondary N) is 2. The Morgan fingerprint density at radius 2 is 1.52 bits per heavy atom. The molecule has 18 heteroatoms. The number of nitrogens with zero attached hydrogens (tertiary/aromatic N) is 4. The second kappa shape index (κ2) is 23.0. The van der Waals surface area contributed by atoms with Crippen molar-refractivity contribution in [3.8, 4) is 0 Å². The quantitative estimate of drug-likeness (QED) is 0.0352. The standard InChI is InChI=1S/C48H56FN9O8/c1-2-55-28-37(46(61)62)44(59)36-26-38(49)43(27-42(36)55)56-21-23-57(24-22-56)48(64)66-31-34-16-18-35(19-17-34)53-45(60)41(15-9-10-20-50)58(52)29-39(51)40(25-32-11-5-3-6-12-32)54-47(63)65-30-33-13-7-4-8-14-33/h3-8,11-14,16-19,26-29,40-41H,2,9-10,15,20-25,30-31,50-52H2,1H3,(H,53,60)(H,54,63)(H,61,62)/b39-29-. The Balaban J connectivity index is 1.04. The number of carboxylic acids is 1. The third-order valence-electron chi connectivity index (χ3n) is 11.3. The lowest BCUT2D eigenvalue weighted by Gasteiger charge is -2.35. The van der Waals surface area contributed by atoms with Crippen LogP contribution in [-0.2, 0) is 40.4 Å². The fraction of sp³-hybridized carbons (Fsp3) is 0.312. The van der Waals surface area contributed by atoms with Crippen LogP contribution < -0.4 is 38.3 Å². The van der Waals surface area contributed by atoms with E-state index in [0.29, 0.717) is 68.6 Å². The number of piperazine rings is 1. The number of hydrogen-bond acceptors (Lipinski definition) is 12. The number of aromatic carboxylic acids is 1. The smallest absolute Gasteiger partial charge is 0.410 e. The highest BCUT2D eigenvalue weighted by Gasteiger charge is 2.27. The molecule has 1 aliphatic heterocycles. The van der Waals surface area contributed by atoms with Gasteiger partial charge in [0.15, 0.2) is 0 Å². The highest BCUT2D eigenvalue weighted by molar-refractivity contribution is 5.95. The maximum Gasteiger partial charge on any atom is 0.410 e. The van der Waals surface area contributed by atoms with Crippen LogP contribution in [0, 0.1) is 5.82 Å². The van der Waals surface area contributed by atoms with Crippen molar-refractivity contribution >= 4 is 46.3 Å². The number of aromatic nitrogens is 1. The predicted molar refractivity (Wildman–Crippen MR) is 249 cm³/mol. The highest BCUT2D eigenvalue weighted by Crippen LogP contribution is 2.27. The van der Waals surface area contributed by atoms with Gasteiger partial charge in [-0.2, -0.15) is 0 Å². The van der Waals surface area contributed by atoms with E-state index in [2.05, 4.69) is 10.6 Å². The summed E-state index contributed by atoms with van der Waals surface area (Å²) in [5.41, 5.74) is 14.9. The Morgan fingerprint density at radius 1 is 0.879 bits per heavy atom. The Bertz CT molecular complexity index is 2550. The molecule has 0 aliphatic carbocycles. The van der Waals surface area contributed by atoms with Crippen molar-refractivity contribution in [1.29, 1.82) is 0 Å². The number of benzene rings is 4. The number of carbonyl (C=O) groups is 4. The van der Waals surface area contributed by atoms with E-state index in [1.54, 1.807) is 46.7 Å². The van der Waals surface area contributed by atoms with Gasteiger partial charge in [-0.05, 0) is 80.1 Å². The number of carboxylic acid groups (broad SMARTS) is 1. The molecule has 0 spiro atoms. The Labute approximate surface area is 381 Å². The van der Waals surface area contributed by atoms with Crippen LogP contribution in [0.4, 0.5) is 25.4 Å². The summed E-state index contributed by atoms with van der Waals surface area (Å²) in [4.78, 5) is 67.5. The SMILES string of the molecule is CCn1cc(C(=O)O)c(=O)c2cc(F)c(N3CCN(C(=O)OCc4ccc(NC(=O)C(CCCCN)N(N)/C=C(\N)C(Cc5ccccc5)NC(=O)OCc5ccccc5)cc4)CC3)cc21. The van der Waals surface area contributed by atoms with Crippen molar-refractivity contribution in [2.75, 3.05) is 42.9 Å². The number of aryl methyl sites for hydroxylation is 1. The van der Waals surface area contributed by atoms with Gasteiger partial charge < -0.3 is 56.1 Å². The fourth-order valence-corrected chi connectivity index (χ4v) is 7.59. The van der Waals surface area contributed by atoms with Crippen LogP contribution in [0.5, 0.6) is 0 Å². The first-order valence-corrected chi connectivity index (χ1v) is 21.7. The van der Waals surface area contributed by atoms with Gasteiger partial charge in [0.25, 0.3) is 0 Å². The van der Waals surface area contributed by atoms with Crippen molar-refractivity contribution < 1.29 is 38.1 Å². The minimum atomic E-state index is -1.38. The van der Waals surface area contributed by atoms with E-state index in [9.17, 15) is 29.1 Å². The number of ether oxygens (including phenoxy) is 2. The number of halogens is 1. The number of amides is 3. The van der Waals surface area contributed by atoms with E-state index in [1.165, 1.54) is 22.3 Å². The maximum atomic E-state index is 15.4. The minimum Gasteiger partial charge on any atom is -0.477 e.